The second-order valence-corrected chi connectivity index (χ2v) is 8.49. The van der Waals surface area contributed by atoms with Crippen LogP contribution < -0.4 is 9.46 Å². The van der Waals surface area contributed by atoms with Gasteiger partial charge in [-0.05, 0) is 37.3 Å². The number of rotatable bonds is 4. The smallest absolute Gasteiger partial charge is 0.261 e. The van der Waals surface area contributed by atoms with Crippen molar-refractivity contribution in [2.24, 2.45) is 0 Å². The highest BCUT2D eigenvalue weighted by molar-refractivity contribution is 7.92. The Morgan fingerprint density at radius 3 is 2.56 bits per heavy atom. The molecule has 0 radical (unpaired) electrons. The lowest BCUT2D eigenvalue weighted by molar-refractivity contribution is 0.401. The van der Waals surface area contributed by atoms with Crippen LogP contribution in [-0.4, -0.2) is 30.7 Å². The van der Waals surface area contributed by atoms with E-state index in [0.717, 1.165) is 17.7 Å². The predicted molar refractivity (Wildman–Crippen MR) is 115 cm³/mol. The van der Waals surface area contributed by atoms with Crippen LogP contribution in [0.5, 0.6) is 5.88 Å². The topological polar surface area (TPSA) is 97.0 Å². The molecule has 2 heterocycles. The van der Waals surface area contributed by atoms with Crippen LogP contribution in [-0.2, 0) is 10.0 Å². The SMILES string of the molecule is COc1n[nH]c2ncc(C#Cc3c(F)ccc(NS(=O)(=O)c4ccc(C)cc4)c3F)cc12. The minimum Gasteiger partial charge on any atom is -0.479 e. The molecule has 0 aliphatic carbocycles. The molecule has 0 unspecified atom stereocenters. The van der Waals surface area contributed by atoms with Gasteiger partial charge >= 0.3 is 0 Å². The second kappa shape index (κ2) is 8.28. The molecule has 0 aliphatic rings. The Bertz CT molecular complexity index is 1490. The number of ether oxygens (including phenoxy) is 1. The number of anilines is 1. The number of nitrogens with zero attached hydrogens (tertiary/aromatic N) is 2. The Morgan fingerprint density at radius 2 is 1.84 bits per heavy atom. The Labute approximate surface area is 182 Å². The molecule has 0 saturated heterocycles. The third-order valence-corrected chi connectivity index (χ3v) is 5.95. The molecule has 0 atom stereocenters. The molecule has 0 saturated carbocycles. The standard InChI is InChI=1S/C22H16F2N4O3S/c1-13-3-6-15(7-4-13)32(29,30)28-19-10-9-18(23)16(20(19)24)8-5-14-11-17-21(25-12-14)26-27-22(17)31-2/h3-4,6-7,9-12,28H,1-2H3,(H,25,26,27). The van der Waals surface area contributed by atoms with Gasteiger partial charge in [0.2, 0.25) is 5.88 Å². The zero-order chi connectivity index (χ0) is 22.9. The summed E-state index contributed by atoms with van der Waals surface area (Å²) in [5.41, 5.74) is 0.712. The fraction of sp³-hybridized carbons (Fsp3) is 0.0909. The zero-order valence-electron chi connectivity index (χ0n) is 16.9. The minimum atomic E-state index is -4.07. The van der Waals surface area contributed by atoms with Crippen molar-refractivity contribution in [1.82, 2.24) is 15.2 Å². The molecule has 10 heteroatoms. The maximum atomic E-state index is 14.9. The molecular weight excluding hydrogens is 438 g/mol. The molecule has 0 amide bonds. The first-order valence-corrected chi connectivity index (χ1v) is 10.7. The van der Waals surface area contributed by atoms with Crippen LogP contribution in [0.3, 0.4) is 0 Å². The van der Waals surface area contributed by atoms with Crippen LogP contribution in [0, 0.1) is 30.4 Å². The van der Waals surface area contributed by atoms with Gasteiger partial charge in [0.25, 0.3) is 10.0 Å². The number of benzene rings is 2. The number of methoxy groups -OCH3 is 1. The number of sulfonamides is 1. The normalized spacial score (nSPS) is 11.1. The maximum Gasteiger partial charge on any atom is 0.261 e. The zero-order valence-corrected chi connectivity index (χ0v) is 17.7. The number of H-pyrrole nitrogens is 1. The number of hydrogen-bond donors (Lipinski definition) is 2. The summed E-state index contributed by atoms with van der Waals surface area (Å²) >= 11 is 0. The van der Waals surface area contributed by atoms with Crippen LogP contribution >= 0.6 is 0 Å². The quantitative estimate of drug-likeness (QED) is 0.458. The summed E-state index contributed by atoms with van der Waals surface area (Å²) in [6, 6.07) is 9.59. The van der Waals surface area contributed by atoms with E-state index in [1.54, 1.807) is 18.2 Å². The molecule has 0 spiro atoms. The number of fused-ring (bicyclic) bond motifs is 1. The summed E-state index contributed by atoms with van der Waals surface area (Å²) in [5, 5.41) is 7.17. The Balaban J connectivity index is 1.68. The number of halogens is 2. The summed E-state index contributed by atoms with van der Waals surface area (Å²) < 4.78 is 61.6. The molecule has 0 fully saturated rings. The highest BCUT2D eigenvalue weighted by atomic mass is 32.2. The summed E-state index contributed by atoms with van der Waals surface area (Å²) in [7, 11) is -2.62. The van der Waals surface area contributed by atoms with Crippen LogP contribution in [0.1, 0.15) is 16.7 Å². The van der Waals surface area contributed by atoms with Gasteiger partial charge in [0.1, 0.15) is 5.82 Å². The number of pyridine rings is 1. The van der Waals surface area contributed by atoms with Crippen molar-refractivity contribution in [3.63, 3.8) is 0 Å². The highest BCUT2D eigenvalue weighted by Crippen LogP contribution is 2.24. The molecule has 0 aliphatic heterocycles. The number of aromatic nitrogens is 3. The monoisotopic (exact) mass is 454 g/mol. The van der Waals surface area contributed by atoms with E-state index in [9.17, 15) is 17.2 Å². The Hall–Kier alpha value is -3.97. The molecule has 0 bridgehead atoms. The summed E-state index contributed by atoms with van der Waals surface area (Å²) in [5.74, 6) is 3.31. The predicted octanol–water partition coefficient (Wildman–Crippen LogP) is 3.75. The summed E-state index contributed by atoms with van der Waals surface area (Å²) in [6.07, 6.45) is 1.41. The van der Waals surface area contributed by atoms with Crippen molar-refractivity contribution in [1.29, 1.82) is 0 Å². The average Bonchev–Trinajstić information content (AvgIpc) is 3.18. The van der Waals surface area contributed by atoms with Crippen LogP contribution in [0.15, 0.2) is 53.6 Å². The second-order valence-electron chi connectivity index (χ2n) is 6.81. The Morgan fingerprint density at radius 1 is 1.09 bits per heavy atom. The number of aryl methyl sites for hydroxylation is 1. The molecule has 2 aromatic heterocycles. The van der Waals surface area contributed by atoms with Crippen LogP contribution in [0.4, 0.5) is 14.5 Å². The van der Waals surface area contributed by atoms with Gasteiger partial charge in [-0.3, -0.25) is 9.82 Å². The number of aromatic amines is 1. The first-order valence-electron chi connectivity index (χ1n) is 9.26. The van der Waals surface area contributed by atoms with E-state index >= 15 is 0 Å². The minimum absolute atomic E-state index is 0.0482. The van der Waals surface area contributed by atoms with Gasteiger partial charge < -0.3 is 4.74 Å². The van der Waals surface area contributed by atoms with Gasteiger partial charge in [-0.25, -0.2) is 22.2 Å². The van der Waals surface area contributed by atoms with E-state index < -0.39 is 32.9 Å². The molecule has 162 valence electrons. The van der Waals surface area contributed by atoms with Crippen molar-refractivity contribution in [2.75, 3.05) is 11.8 Å². The van der Waals surface area contributed by atoms with Crippen molar-refractivity contribution in [2.45, 2.75) is 11.8 Å². The van der Waals surface area contributed by atoms with Gasteiger partial charge in [-0.2, -0.15) is 0 Å². The molecular formula is C22H16F2N4O3S. The van der Waals surface area contributed by atoms with E-state index in [4.69, 9.17) is 4.74 Å². The van der Waals surface area contributed by atoms with Crippen molar-refractivity contribution >= 4 is 26.7 Å². The number of nitrogens with one attached hydrogen (secondary N) is 2. The van der Waals surface area contributed by atoms with Crippen molar-refractivity contribution in [3.8, 4) is 17.7 Å². The summed E-state index contributed by atoms with van der Waals surface area (Å²) in [4.78, 5) is 4.08. The van der Waals surface area contributed by atoms with Gasteiger partial charge in [0.05, 0.1) is 28.6 Å². The van der Waals surface area contributed by atoms with E-state index in [2.05, 4.69) is 31.7 Å². The van der Waals surface area contributed by atoms with Crippen LogP contribution in [0.25, 0.3) is 11.0 Å². The first kappa shape index (κ1) is 21.3. The van der Waals surface area contributed by atoms with Crippen molar-refractivity contribution in [3.05, 3.63) is 77.0 Å². The van der Waals surface area contributed by atoms with Gasteiger partial charge in [-0.15, -0.1) is 5.10 Å². The maximum absolute atomic E-state index is 14.9. The molecule has 2 aromatic carbocycles. The third-order valence-electron chi connectivity index (χ3n) is 4.57. The molecule has 4 rings (SSSR count). The third kappa shape index (κ3) is 4.10. The highest BCUT2D eigenvalue weighted by Gasteiger charge is 2.19. The van der Waals surface area contributed by atoms with Gasteiger partial charge in [0, 0.05) is 11.8 Å². The van der Waals surface area contributed by atoms with E-state index in [-0.39, 0.29) is 4.90 Å². The first-order chi connectivity index (χ1) is 15.3. The Kier molecular flexibility index (Phi) is 5.50. The van der Waals surface area contributed by atoms with Gasteiger partial charge in [-0.1, -0.05) is 29.5 Å². The van der Waals surface area contributed by atoms with Crippen LogP contribution in [0.2, 0.25) is 0 Å². The molecule has 4 aromatic rings. The lowest BCUT2D eigenvalue weighted by Gasteiger charge is -2.10. The van der Waals surface area contributed by atoms with Gasteiger partial charge in [0.15, 0.2) is 11.5 Å². The largest absolute Gasteiger partial charge is 0.479 e. The van der Waals surface area contributed by atoms with E-state index in [0.29, 0.717) is 22.5 Å². The lowest BCUT2D eigenvalue weighted by atomic mass is 10.1. The fourth-order valence-electron chi connectivity index (χ4n) is 2.91. The van der Waals surface area contributed by atoms with Crippen molar-refractivity contribution < 1.29 is 21.9 Å². The average molecular weight is 454 g/mol. The molecule has 32 heavy (non-hydrogen) atoms. The number of hydrogen-bond acceptors (Lipinski definition) is 5. The fourth-order valence-corrected chi connectivity index (χ4v) is 3.97. The van der Waals surface area contributed by atoms with E-state index in [1.165, 1.54) is 25.4 Å². The molecule has 2 N–H and O–H groups in total. The lowest BCUT2D eigenvalue weighted by Crippen LogP contribution is -2.14. The summed E-state index contributed by atoms with van der Waals surface area (Å²) in [6.45, 7) is 1.81. The molecule has 7 nitrogen and oxygen atoms in total. The van der Waals surface area contributed by atoms with E-state index in [1.807, 2.05) is 6.92 Å².